The quantitative estimate of drug-likeness (QED) is 0.730. The molecule has 0 saturated heterocycles. The molecule has 0 aliphatic carbocycles. The van der Waals surface area contributed by atoms with Crippen LogP contribution in [0.2, 0.25) is 0 Å². The molecule has 0 aliphatic rings. The Morgan fingerprint density at radius 2 is 2.33 bits per heavy atom. The van der Waals surface area contributed by atoms with Gasteiger partial charge in [0.2, 0.25) is 0 Å². The number of hydrogen-bond acceptors (Lipinski definition) is 1. The summed E-state index contributed by atoms with van der Waals surface area (Å²) in [5.41, 5.74) is 2.56. The van der Waals surface area contributed by atoms with E-state index in [0.29, 0.717) is 0 Å². The van der Waals surface area contributed by atoms with Crippen LogP contribution in [0.4, 0.5) is 0 Å². The molecule has 0 fully saturated rings. The highest BCUT2D eigenvalue weighted by Crippen LogP contribution is 2.17. The summed E-state index contributed by atoms with van der Waals surface area (Å²) >= 11 is 2.18. The summed E-state index contributed by atoms with van der Waals surface area (Å²) in [6.07, 6.45) is 2.99. The monoisotopic (exact) mass is 272 g/mol. The van der Waals surface area contributed by atoms with Crippen molar-refractivity contribution in [2.75, 3.05) is 0 Å². The van der Waals surface area contributed by atoms with Gasteiger partial charge in [-0.25, -0.2) is 2.90 Å². The Balaban J connectivity index is 2.69. The van der Waals surface area contributed by atoms with Crippen molar-refractivity contribution >= 4 is 33.8 Å². The van der Waals surface area contributed by atoms with Crippen LogP contribution in [0.3, 0.4) is 0 Å². The summed E-state index contributed by atoms with van der Waals surface area (Å²) in [5, 5.41) is 5.40. The minimum absolute atomic E-state index is 1.09. The van der Waals surface area contributed by atoms with Crippen LogP contribution in [0.25, 0.3) is 10.9 Å². The molecular formula is C9H9IN2. The molecule has 0 N–H and O–H groups in total. The van der Waals surface area contributed by atoms with Crippen molar-refractivity contribution in [1.29, 1.82) is 0 Å². The van der Waals surface area contributed by atoms with E-state index in [0.717, 1.165) is 6.42 Å². The second-order valence-electron chi connectivity index (χ2n) is 2.75. The Bertz CT molecular complexity index is 406. The number of aryl methyl sites for hydroxylation is 1. The summed E-state index contributed by atoms with van der Waals surface area (Å²) in [6, 6.07) is 6.46. The Kier molecular flexibility index (Phi) is 2.04. The number of benzene rings is 1. The van der Waals surface area contributed by atoms with Gasteiger partial charge in [0.25, 0.3) is 0 Å². The van der Waals surface area contributed by atoms with Crippen LogP contribution in [0.1, 0.15) is 12.5 Å². The first-order chi connectivity index (χ1) is 5.81. The predicted octanol–water partition coefficient (Wildman–Crippen LogP) is 2.80. The average Bonchev–Trinajstić information content (AvgIpc) is 2.47. The molecule has 0 amide bonds. The molecule has 0 saturated carbocycles. The fourth-order valence-corrected chi connectivity index (χ4v) is 1.83. The highest BCUT2D eigenvalue weighted by atomic mass is 127. The topological polar surface area (TPSA) is 17.8 Å². The van der Waals surface area contributed by atoms with Gasteiger partial charge in [-0.3, -0.25) is 0 Å². The molecular weight excluding hydrogens is 263 g/mol. The number of rotatable bonds is 1. The van der Waals surface area contributed by atoms with Gasteiger partial charge in [-0.2, -0.15) is 5.10 Å². The normalized spacial score (nSPS) is 10.8. The highest BCUT2D eigenvalue weighted by molar-refractivity contribution is 14.1. The molecule has 2 nitrogen and oxygen atoms in total. The second-order valence-corrected chi connectivity index (χ2v) is 3.67. The van der Waals surface area contributed by atoms with Crippen molar-refractivity contribution in [3.05, 3.63) is 30.0 Å². The van der Waals surface area contributed by atoms with Crippen LogP contribution >= 0.6 is 22.9 Å². The third kappa shape index (κ3) is 1.22. The summed E-state index contributed by atoms with van der Waals surface area (Å²) in [5.74, 6) is 0. The lowest BCUT2D eigenvalue weighted by Gasteiger charge is -1.95. The molecule has 3 heteroatoms. The Hall–Kier alpha value is -0.580. The zero-order valence-electron chi connectivity index (χ0n) is 6.79. The molecule has 0 bridgehead atoms. The molecule has 62 valence electrons. The molecule has 0 aliphatic heterocycles. The summed E-state index contributed by atoms with van der Waals surface area (Å²) in [4.78, 5) is 0. The summed E-state index contributed by atoms with van der Waals surface area (Å²) < 4.78 is 1.87. The van der Waals surface area contributed by atoms with Crippen LogP contribution in [0.5, 0.6) is 0 Å². The molecule has 12 heavy (non-hydrogen) atoms. The fourth-order valence-electron chi connectivity index (χ4n) is 1.27. The SMILES string of the molecule is CCc1ccc2c(cnn2I)c1. The van der Waals surface area contributed by atoms with E-state index in [1.165, 1.54) is 16.5 Å². The molecule has 1 aromatic carbocycles. The molecule has 1 heterocycles. The van der Waals surface area contributed by atoms with Gasteiger partial charge in [-0.05, 0) is 24.1 Å². The maximum Gasteiger partial charge on any atom is 0.0851 e. The van der Waals surface area contributed by atoms with Crippen molar-refractivity contribution in [2.45, 2.75) is 13.3 Å². The number of fused-ring (bicyclic) bond motifs is 1. The van der Waals surface area contributed by atoms with Crippen LogP contribution < -0.4 is 0 Å². The maximum absolute atomic E-state index is 4.17. The molecule has 0 atom stereocenters. The maximum atomic E-state index is 4.17. The Morgan fingerprint density at radius 3 is 3.08 bits per heavy atom. The van der Waals surface area contributed by atoms with Crippen LogP contribution in [-0.4, -0.2) is 7.99 Å². The van der Waals surface area contributed by atoms with E-state index in [-0.39, 0.29) is 0 Å². The van der Waals surface area contributed by atoms with E-state index < -0.39 is 0 Å². The van der Waals surface area contributed by atoms with Crippen molar-refractivity contribution in [3.8, 4) is 0 Å². The van der Waals surface area contributed by atoms with Crippen molar-refractivity contribution < 1.29 is 0 Å². The van der Waals surface area contributed by atoms with E-state index in [4.69, 9.17) is 0 Å². The number of nitrogens with zero attached hydrogens (tertiary/aromatic N) is 2. The molecule has 1 aromatic heterocycles. The van der Waals surface area contributed by atoms with Gasteiger partial charge >= 0.3 is 0 Å². The second kappa shape index (κ2) is 3.05. The van der Waals surface area contributed by atoms with E-state index in [1.54, 1.807) is 0 Å². The zero-order chi connectivity index (χ0) is 8.55. The molecule has 0 radical (unpaired) electrons. The van der Waals surface area contributed by atoms with E-state index in [1.807, 2.05) is 9.09 Å². The minimum Gasteiger partial charge on any atom is -0.204 e. The first-order valence-electron chi connectivity index (χ1n) is 3.94. The molecule has 2 rings (SSSR count). The molecule has 0 spiro atoms. The highest BCUT2D eigenvalue weighted by Gasteiger charge is 1.99. The zero-order valence-corrected chi connectivity index (χ0v) is 8.95. The number of halogens is 1. The van der Waals surface area contributed by atoms with Crippen molar-refractivity contribution in [1.82, 2.24) is 7.99 Å². The van der Waals surface area contributed by atoms with Gasteiger partial charge in [-0.1, -0.05) is 13.0 Å². The van der Waals surface area contributed by atoms with Gasteiger partial charge in [0, 0.05) is 5.39 Å². The van der Waals surface area contributed by atoms with Gasteiger partial charge in [0.15, 0.2) is 0 Å². The minimum atomic E-state index is 1.09. The van der Waals surface area contributed by atoms with Gasteiger partial charge in [-0.15, -0.1) is 0 Å². The van der Waals surface area contributed by atoms with Gasteiger partial charge < -0.3 is 0 Å². The van der Waals surface area contributed by atoms with Crippen LogP contribution in [-0.2, 0) is 6.42 Å². The smallest absolute Gasteiger partial charge is 0.0851 e. The standard InChI is InChI=1S/C9H9IN2/c1-2-7-3-4-9-8(5-7)6-11-12(9)10/h3-6H,2H2,1H3. The third-order valence-electron chi connectivity index (χ3n) is 2.00. The lowest BCUT2D eigenvalue weighted by molar-refractivity contribution is 1.08. The first-order valence-corrected chi connectivity index (χ1v) is 4.90. The average molecular weight is 272 g/mol. The van der Waals surface area contributed by atoms with Crippen molar-refractivity contribution in [2.24, 2.45) is 0 Å². The van der Waals surface area contributed by atoms with Crippen LogP contribution in [0.15, 0.2) is 24.4 Å². The first kappa shape index (κ1) is 8.04. The van der Waals surface area contributed by atoms with Crippen molar-refractivity contribution in [3.63, 3.8) is 0 Å². The summed E-state index contributed by atoms with van der Waals surface area (Å²) in [7, 11) is 0. The largest absolute Gasteiger partial charge is 0.204 e. The van der Waals surface area contributed by atoms with E-state index in [9.17, 15) is 0 Å². The van der Waals surface area contributed by atoms with Crippen LogP contribution in [0, 0.1) is 0 Å². The Labute approximate surface area is 85.1 Å². The molecule has 2 aromatic rings. The number of aromatic nitrogens is 2. The van der Waals surface area contributed by atoms with E-state index in [2.05, 4.69) is 53.1 Å². The van der Waals surface area contributed by atoms with Gasteiger partial charge in [0.1, 0.15) is 0 Å². The Morgan fingerprint density at radius 1 is 1.50 bits per heavy atom. The fraction of sp³-hybridized carbons (Fsp3) is 0.222. The molecule has 0 unspecified atom stereocenters. The van der Waals surface area contributed by atoms with E-state index >= 15 is 0 Å². The predicted molar refractivity (Wildman–Crippen MR) is 58.5 cm³/mol. The third-order valence-corrected chi connectivity index (χ3v) is 2.77. The lowest BCUT2D eigenvalue weighted by Crippen LogP contribution is -1.81. The van der Waals surface area contributed by atoms with Gasteiger partial charge in [0.05, 0.1) is 34.6 Å². The lowest BCUT2D eigenvalue weighted by atomic mass is 10.1. The summed E-state index contributed by atoms with van der Waals surface area (Å²) in [6.45, 7) is 2.16. The number of hydrogen-bond donors (Lipinski definition) is 0.